The molecule has 0 bridgehead atoms. The number of nitrogens with zero attached hydrogens (tertiary/aromatic N) is 1. The van der Waals surface area contributed by atoms with Crippen LogP contribution in [0.5, 0.6) is 0 Å². The maximum Gasteiger partial charge on any atom is 0.308 e. The van der Waals surface area contributed by atoms with Crippen molar-refractivity contribution in [3.63, 3.8) is 0 Å². The van der Waals surface area contributed by atoms with Gasteiger partial charge in [-0.15, -0.1) is 0 Å². The van der Waals surface area contributed by atoms with Crippen LogP contribution in [0.25, 0.3) is 21.2 Å². The summed E-state index contributed by atoms with van der Waals surface area (Å²) >= 11 is 1.18. The van der Waals surface area contributed by atoms with Crippen LogP contribution in [0, 0.1) is 0 Å². The van der Waals surface area contributed by atoms with E-state index in [1.165, 1.54) is 11.3 Å². The molecule has 2 aromatic heterocycles. The van der Waals surface area contributed by atoms with Crippen molar-refractivity contribution in [1.29, 1.82) is 0 Å². The molecule has 0 saturated carbocycles. The maximum absolute atomic E-state index is 12.4. The van der Waals surface area contributed by atoms with Crippen molar-refractivity contribution in [1.82, 2.24) is 4.57 Å². The van der Waals surface area contributed by atoms with Crippen molar-refractivity contribution in [3.05, 3.63) is 64.0 Å². The Labute approximate surface area is 141 Å². The van der Waals surface area contributed by atoms with E-state index < -0.39 is 0 Å². The zero-order chi connectivity index (χ0) is 16.7. The van der Waals surface area contributed by atoms with Gasteiger partial charge < -0.3 is 9.73 Å². The molecule has 5 nitrogen and oxygen atoms in total. The van der Waals surface area contributed by atoms with Gasteiger partial charge in [-0.25, -0.2) is 0 Å². The van der Waals surface area contributed by atoms with Gasteiger partial charge in [-0.3, -0.25) is 14.2 Å². The van der Waals surface area contributed by atoms with Crippen LogP contribution in [0.3, 0.4) is 0 Å². The zero-order valence-electron chi connectivity index (χ0n) is 12.9. The summed E-state index contributed by atoms with van der Waals surface area (Å²) in [6.45, 7) is 2.56. The first-order valence-electron chi connectivity index (χ1n) is 7.59. The molecule has 2 heterocycles. The highest BCUT2D eigenvalue weighted by Gasteiger charge is 2.13. The van der Waals surface area contributed by atoms with Crippen molar-refractivity contribution < 1.29 is 9.21 Å². The van der Waals surface area contributed by atoms with Gasteiger partial charge in [0.2, 0.25) is 0 Å². The summed E-state index contributed by atoms with van der Waals surface area (Å²) < 4.78 is 8.13. The Morgan fingerprint density at radius 3 is 2.83 bits per heavy atom. The van der Waals surface area contributed by atoms with Crippen LogP contribution in [-0.4, -0.2) is 10.5 Å². The number of aryl methyl sites for hydroxylation is 1. The Kier molecular flexibility index (Phi) is 3.46. The van der Waals surface area contributed by atoms with Gasteiger partial charge in [0.05, 0.1) is 10.2 Å². The minimum absolute atomic E-state index is 0.00765. The summed E-state index contributed by atoms with van der Waals surface area (Å²) in [5.74, 6) is -0.0524. The normalized spacial score (nSPS) is 11.2. The summed E-state index contributed by atoms with van der Waals surface area (Å²) in [5.41, 5.74) is 2.20. The molecular weight excluding hydrogens is 324 g/mol. The molecule has 0 radical (unpaired) electrons. The first-order chi connectivity index (χ1) is 11.7. The van der Waals surface area contributed by atoms with E-state index in [2.05, 4.69) is 5.32 Å². The predicted molar refractivity (Wildman–Crippen MR) is 95.9 cm³/mol. The molecule has 24 heavy (non-hydrogen) atoms. The molecule has 1 amide bonds. The molecule has 0 aliphatic rings. The fourth-order valence-electron chi connectivity index (χ4n) is 2.73. The van der Waals surface area contributed by atoms with Crippen LogP contribution in [0.4, 0.5) is 5.69 Å². The number of aromatic nitrogens is 1. The van der Waals surface area contributed by atoms with E-state index in [4.69, 9.17) is 4.42 Å². The van der Waals surface area contributed by atoms with Crippen molar-refractivity contribution in [2.75, 3.05) is 5.32 Å². The molecule has 6 heteroatoms. The number of nitrogens with one attached hydrogen (secondary N) is 1. The van der Waals surface area contributed by atoms with E-state index in [9.17, 15) is 9.59 Å². The number of furan rings is 1. The van der Waals surface area contributed by atoms with Gasteiger partial charge in [0.25, 0.3) is 5.91 Å². The van der Waals surface area contributed by atoms with Crippen molar-refractivity contribution in [2.45, 2.75) is 13.5 Å². The van der Waals surface area contributed by atoms with Gasteiger partial charge >= 0.3 is 4.87 Å². The van der Waals surface area contributed by atoms with E-state index >= 15 is 0 Å². The molecule has 0 fully saturated rings. The number of thiazole rings is 1. The molecule has 0 aliphatic carbocycles. The third kappa shape index (κ3) is 2.41. The largest absolute Gasteiger partial charge is 0.451 e. The molecule has 0 saturated heterocycles. The highest BCUT2D eigenvalue weighted by atomic mass is 32.1. The third-order valence-electron chi connectivity index (χ3n) is 3.89. The molecule has 2 aromatic carbocycles. The topological polar surface area (TPSA) is 64.2 Å². The molecular formula is C18H14N2O3S. The van der Waals surface area contributed by atoms with E-state index in [0.717, 1.165) is 15.6 Å². The van der Waals surface area contributed by atoms with Gasteiger partial charge in [-0.1, -0.05) is 29.5 Å². The second kappa shape index (κ2) is 5.65. The Balaban J connectivity index is 1.65. The molecule has 0 unspecified atom stereocenters. The zero-order valence-corrected chi connectivity index (χ0v) is 13.7. The summed E-state index contributed by atoms with van der Waals surface area (Å²) in [5, 5.41) is 3.71. The van der Waals surface area contributed by atoms with Gasteiger partial charge in [0.1, 0.15) is 5.58 Å². The van der Waals surface area contributed by atoms with Crippen LogP contribution in [-0.2, 0) is 6.54 Å². The fraction of sp³-hybridized carbons (Fsp3) is 0.111. The van der Waals surface area contributed by atoms with Crippen LogP contribution in [0.15, 0.2) is 57.7 Å². The number of hydrogen-bond acceptors (Lipinski definition) is 4. The molecule has 120 valence electrons. The lowest BCUT2D eigenvalue weighted by atomic mass is 10.2. The number of para-hydroxylation sites is 1. The van der Waals surface area contributed by atoms with Crippen LogP contribution < -0.4 is 10.2 Å². The van der Waals surface area contributed by atoms with Gasteiger partial charge in [0, 0.05) is 17.6 Å². The second-order valence-electron chi connectivity index (χ2n) is 5.40. The Morgan fingerprint density at radius 2 is 2.04 bits per heavy atom. The summed E-state index contributed by atoms with van der Waals surface area (Å²) in [6, 6.07) is 14.7. The van der Waals surface area contributed by atoms with Crippen molar-refractivity contribution in [3.8, 4) is 0 Å². The smallest absolute Gasteiger partial charge is 0.308 e. The number of rotatable bonds is 3. The van der Waals surface area contributed by atoms with Gasteiger partial charge in [-0.2, -0.15) is 0 Å². The fourth-order valence-corrected chi connectivity index (χ4v) is 3.72. The number of amides is 1. The lowest BCUT2D eigenvalue weighted by Crippen LogP contribution is -2.11. The Hall–Kier alpha value is -2.86. The highest BCUT2D eigenvalue weighted by Crippen LogP contribution is 2.23. The lowest BCUT2D eigenvalue weighted by Gasteiger charge is -2.04. The number of fused-ring (bicyclic) bond motifs is 2. The number of anilines is 1. The first kappa shape index (κ1) is 14.7. The van der Waals surface area contributed by atoms with E-state index in [-0.39, 0.29) is 16.5 Å². The minimum Gasteiger partial charge on any atom is -0.451 e. The quantitative estimate of drug-likeness (QED) is 0.612. The monoisotopic (exact) mass is 338 g/mol. The molecule has 0 atom stereocenters. The predicted octanol–water partition coefficient (Wildman–Crippen LogP) is 4.08. The molecule has 0 aliphatic heterocycles. The highest BCUT2D eigenvalue weighted by molar-refractivity contribution is 7.16. The first-order valence-corrected chi connectivity index (χ1v) is 8.40. The van der Waals surface area contributed by atoms with Crippen molar-refractivity contribution >= 4 is 44.1 Å². The number of hydrogen-bond donors (Lipinski definition) is 1. The maximum atomic E-state index is 12.4. The van der Waals surface area contributed by atoms with Crippen LogP contribution in [0.2, 0.25) is 0 Å². The summed E-state index contributed by atoms with van der Waals surface area (Å²) in [6.07, 6.45) is 0. The summed E-state index contributed by atoms with van der Waals surface area (Å²) in [4.78, 5) is 24.3. The average Bonchev–Trinajstić information content (AvgIpc) is 3.14. The molecule has 0 spiro atoms. The number of carbonyl (C=O) groups excluding carboxylic acids is 1. The van der Waals surface area contributed by atoms with Gasteiger partial charge in [0.15, 0.2) is 5.76 Å². The SMILES string of the molecule is CCn1c(=O)sc2cc(NC(=O)c3cc4ccccc4o3)ccc21. The van der Waals surface area contributed by atoms with Crippen molar-refractivity contribution in [2.24, 2.45) is 0 Å². The second-order valence-corrected chi connectivity index (χ2v) is 6.39. The van der Waals surface area contributed by atoms with E-state index in [1.54, 1.807) is 16.7 Å². The minimum atomic E-state index is -0.312. The molecule has 1 N–H and O–H groups in total. The summed E-state index contributed by atoms with van der Waals surface area (Å²) in [7, 11) is 0. The van der Waals surface area contributed by atoms with E-state index in [1.807, 2.05) is 43.3 Å². The Morgan fingerprint density at radius 1 is 1.21 bits per heavy atom. The molecule has 4 aromatic rings. The number of benzene rings is 2. The average molecular weight is 338 g/mol. The lowest BCUT2D eigenvalue weighted by molar-refractivity contribution is 0.0998. The van der Waals surface area contributed by atoms with E-state index in [0.29, 0.717) is 17.8 Å². The number of carbonyl (C=O) groups is 1. The van der Waals surface area contributed by atoms with Gasteiger partial charge in [-0.05, 0) is 37.3 Å². The Bertz CT molecular complexity index is 1090. The molecule has 4 rings (SSSR count). The third-order valence-corrected chi connectivity index (χ3v) is 4.83. The van der Waals surface area contributed by atoms with Crippen LogP contribution in [0.1, 0.15) is 17.5 Å². The standard InChI is InChI=1S/C18H14N2O3S/c1-2-20-13-8-7-12(10-16(13)24-18(20)22)19-17(21)15-9-11-5-3-4-6-14(11)23-15/h3-10H,2H2,1H3,(H,19,21). The van der Waals surface area contributed by atoms with Crippen LogP contribution >= 0.6 is 11.3 Å².